The van der Waals surface area contributed by atoms with Crippen molar-refractivity contribution >= 4 is 23.3 Å². The summed E-state index contributed by atoms with van der Waals surface area (Å²) in [5.41, 5.74) is 2.60. The van der Waals surface area contributed by atoms with Crippen LogP contribution >= 0.6 is 11.3 Å². The van der Waals surface area contributed by atoms with Crippen molar-refractivity contribution in [1.29, 1.82) is 0 Å². The zero-order valence-electron chi connectivity index (χ0n) is 17.7. The highest BCUT2D eigenvalue weighted by molar-refractivity contribution is 7.09. The number of carbonyl (C=O) groups is 1. The molecule has 3 rings (SSSR count). The second kappa shape index (κ2) is 10.1. The van der Waals surface area contributed by atoms with Crippen molar-refractivity contribution in [3.63, 3.8) is 0 Å². The summed E-state index contributed by atoms with van der Waals surface area (Å²) in [4.78, 5) is 15.5. The number of rotatable bonds is 9. The van der Waals surface area contributed by atoms with Crippen LogP contribution in [-0.2, 0) is 17.9 Å². The summed E-state index contributed by atoms with van der Waals surface area (Å²) in [6.45, 7) is 7.34. The summed E-state index contributed by atoms with van der Waals surface area (Å²) >= 11 is 1.65. The normalized spacial score (nSPS) is 11.1. The lowest BCUT2D eigenvalue weighted by molar-refractivity contribution is -0.126. The van der Waals surface area contributed by atoms with Gasteiger partial charge >= 0.3 is 0 Å². The third-order valence-corrected chi connectivity index (χ3v) is 5.64. The number of aryl methyl sites for hydroxylation is 2. The van der Waals surface area contributed by atoms with Gasteiger partial charge in [0, 0.05) is 17.5 Å². The first kappa shape index (κ1) is 21.6. The second-order valence-corrected chi connectivity index (χ2v) is 7.80. The highest BCUT2D eigenvalue weighted by atomic mass is 32.1. The van der Waals surface area contributed by atoms with Crippen LogP contribution in [0, 0.1) is 13.8 Å². The third kappa shape index (κ3) is 5.30. The molecule has 0 aliphatic rings. The van der Waals surface area contributed by atoms with E-state index in [2.05, 4.69) is 5.16 Å². The van der Waals surface area contributed by atoms with Crippen LogP contribution in [0.3, 0.4) is 0 Å². The van der Waals surface area contributed by atoms with Gasteiger partial charge in [-0.3, -0.25) is 4.79 Å². The van der Waals surface area contributed by atoms with Crippen LogP contribution in [0.1, 0.15) is 34.4 Å². The molecular formula is C23H26N2O4S. The van der Waals surface area contributed by atoms with Crippen LogP contribution in [0.15, 0.2) is 46.3 Å². The first-order valence-electron chi connectivity index (χ1n) is 9.73. The van der Waals surface area contributed by atoms with Crippen LogP contribution in [-0.4, -0.2) is 29.6 Å². The number of hydrogen-bond donors (Lipinski definition) is 0. The molecular weight excluding hydrogens is 400 g/mol. The smallest absolute Gasteiger partial charge is 0.246 e. The lowest BCUT2D eigenvalue weighted by Crippen LogP contribution is -2.28. The Morgan fingerprint density at radius 2 is 2.10 bits per heavy atom. The highest BCUT2D eigenvalue weighted by Gasteiger charge is 2.13. The molecule has 0 bridgehead atoms. The monoisotopic (exact) mass is 426 g/mol. The average molecular weight is 427 g/mol. The van der Waals surface area contributed by atoms with E-state index < -0.39 is 0 Å². The molecule has 0 fully saturated rings. The van der Waals surface area contributed by atoms with Crippen LogP contribution in [0.25, 0.3) is 6.08 Å². The van der Waals surface area contributed by atoms with Gasteiger partial charge in [-0.05, 0) is 56.0 Å². The van der Waals surface area contributed by atoms with E-state index >= 15 is 0 Å². The molecule has 0 aliphatic carbocycles. The molecule has 0 saturated heterocycles. The zero-order chi connectivity index (χ0) is 21.5. The van der Waals surface area contributed by atoms with Gasteiger partial charge in [-0.15, -0.1) is 11.3 Å². The molecule has 1 aromatic carbocycles. The minimum Gasteiger partial charge on any atom is -0.493 e. The van der Waals surface area contributed by atoms with E-state index in [0.717, 1.165) is 22.6 Å². The van der Waals surface area contributed by atoms with E-state index in [1.54, 1.807) is 35.5 Å². The molecule has 0 atom stereocenters. The predicted molar refractivity (Wildman–Crippen MR) is 118 cm³/mol. The van der Waals surface area contributed by atoms with Crippen LogP contribution in [0.5, 0.6) is 11.5 Å². The van der Waals surface area contributed by atoms with Crippen LogP contribution < -0.4 is 9.47 Å². The Hall–Kier alpha value is -3.06. The number of amides is 1. The largest absolute Gasteiger partial charge is 0.493 e. The van der Waals surface area contributed by atoms with Gasteiger partial charge in [0.2, 0.25) is 5.91 Å². The van der Waals surface area contributed by atoms with Gasteiger partial charge in [0.25, 0.3) is 0 Å². The van der Waals surface area contributed by atoms with Crippen molar-refractivity contribution < 1.29 is 18.8 Å². The lowest BCUT2D eigenvalue weighted by atomic mass is 10.1. The maximum absolute atomic E-state index is 12.6. The Bertz CT molecular complexity index is 989. The molecule has 2 aromatic heterocycles. The van der Waals surface area contributed by atoms with Gasteiger partial charge in [-0.2, -0.15) is 0 Å². The number of aromatic nitrogens is 1. The average Bonchev–Trinajstić information content (AvgIpc) is 3.38. The Morgan fingerprint density at radius 1 is 1.27 bits per heavy atom. The molecule has 0 aliphatic heterocycles. The Balaban J connectivity index is 1.66. The van der Waals surface area contributed by atoms with Crippen molar-refractivity contribution in [2.45, 2.75) is 33.9 Å². The van der Waals surface area contributed by atoms with E-state index in [1.807, 2.05) is 56.5 Å². The summed E-state index contributed by atoms with van der Waals surface area (Å²) in [6, 6.07) is 9.61. The maximum Gasteiger partial charge on any atom is 0.246 e. The number of carbonyl (C=O) groups excluding carboxylic acids is 1. The topological polar surface area (TPSA) is 64.8 Å². The fourth-order valence-corrected chi connectivity index (χ4v) is 3.69. The van der Waals surface area contributed by atoms with E-state index in [4.69, 9.17) is 14.0 Å². The van der Waals surface area contributed by atoms with Gasteiger partial charge in [-0.25, -0.2) is 0 Å². The van der Waals surface area contributed by atoms with Crippen molar-refractivity contribution in [3.05, 3.63) is 69.2 Å². The molecule has 0 unspecified atom stereocenters. The SMILES string of the molecule is CCN(Cc1cccs1)C(=O)/C=C/c1ccc(OCc2c(C)noc2C)c(OC)c1. The highest BCUT2D eigenvalue weighted by Crippen LogP contribution is 2.30. The third-order valence-electron chi connectivity index (χ3n) is 4.78. The van der Waals surface area contributed by atoms with Crippen molar-refractivity contribution in [1.82, 2.24) is 10.1 Å². The summed E-state index contributed by atoms with van der Waals surface area (Å²) < 4.78 is 16.5. The summed E-state index contributed by atoms with van der Waals surface area (Å²) in [5.74, 6) is 1.94. The molecule has 158 valence electrons. The van der Waals surface area contributed by atoms with Crippen LogP contribution in [0.4, 0.5) is 0 Å². The predicted octanol–water partition coefficient (Wildman–Crippen LogP) is 5.00. The molecule has 1 amide bonds. The van der Waals surface area contributed by atoms with E-state index in [0.29, 0.717) is 31.2 Å². The zero-order valence-corrected chi connectivity index (χ0v) is 18.5. The lowest BCUT2D eigenvalue weighted by Gasteiger charge is -2.18. The number of hydrogen-bond acceptors (Lipinski definition) is 6. The van der Waals surface area contributed by atoms with E-state index in [9.17, 15) is 4.79 Å². The molecule has 0 spiro atoms. The van der Waals surface area contributed by atoms with E-state index in [-0.39, 0.29) is 5.91 Å². The van der Waals surface area contributed by atoms with E-state index in [1.165, 1.54) is 4.88 Å². The summed E-state index contributed by atoms with van der Waals surface area (Å²) in [5, 5.41) is 5.96. The van der Waals surface area contributed by atoms with Crippen LogP contribution in [0.2, 0.25) is 0 Å². The number of ether oxygens (including phenoxy) is 2. The maximum atomic E-state index is 12.6. The number of methoxy groups -OCH3 is 1. The fourth-order valence-electron chi connectivity index (χ4n) is 2.97. The Labute approximate surface area is 180 Å². The number of likely N-dealkylation sites (N-methyl/N-ethyl adjacent to an activating group) is 1. The minimum absolute atomic E-state index is 0.0244. The number of thiophene rings is 1. The molecule has 3 aromatic rings. The standard InChI is InChI=1S/C23H26N2O4S/c1-5-25(14-19-7-6-12-30-19)23(26)11-9-18-8-10-21(22(13-18)27-4)28-15-20-16(2)24-29-17(20)3/h6-13H,5,14-15H2,1-4H3/b11-9+. The molecule has 6 nitrogen and oxygen atoms in total. The van der Waals surface area contributed by atoms with Gasteiger partial charge in [-0.1, -0.05) is 17.3 Å². The summed E-state index contributed by atoms with van der Waals surface area (Å²) in [6.07, 6.45) is 3.39. The Morgan fingerprint density at radius 3 is 2.73 bits per heavy atom. The number of nitrogens with zero attached hydrogens (tertiary/aromatic N) is 2. The fraction of sp³-hybridized carbons (Fsp3) is 0.304. The van der Waals surface area contributed by atoms with Crippen molar-refractivity contribution in [2.24, 2.45) is 0 Å². The molecule has 2 heterocycles. The summed E-state index contributed by atoms with van der Waals surface area (Å²) in [7, 11) is 1.59. The van der Waals surface area contributed by atoms with Crippen molar-refractivity contribution in [3.8, 4) is 11.5 Å². The molecule has 7 heteroatoms. The quantitative estimate of drug-likeness (QED) is 0.451. The first-order chi connectivity index (χ1) is 14.5. The van der Waals surface area contributed by atoms with Gasteiger partial charge in [0.1, 0.15) is 12.4 Å². The molecule has 0 saturated carbocycles. The molecule has 30 heavy (non-hydrogen) atoms. The van der Waals surface area contributed by atoms with Gasteiger partial charge < -0.3 is 18.9 Å². The van der Waals surface area contributed by atoms with Crippen molar-refractivity contribution in [2.75, 3.05) is 13.7 Å². The van der Waals surface area contributed by atoms with Gasteiger partial charge in [0.05, 0.1) is 24.9 Å². The first-order valence-corrected chi connectivity index (χ1v) is 10.6. The number of benzene rings is 1. The minimum atomic E-state index is -0.0244. The molecule has 0 radical (unpaired) electrons. The Kier molecular flexibility index (Phi) is 7.30. The molecule has 0 N–H and O–H groups in total. The second-order valence-electron chi connectivity index (χ2n) is 6.77. The van der Waals surface area contributed by atoms with Gasteiger partial charge in [0.15, 0.2) is 11.5 Å².